The number of nitrogens with zero attached hydrogens (tertiary/aromatic N) is 1. The summed E-state index contributed by atoms with van der Waals surface area (Å²) in [7, 11) is 3.10. The first-order valence-electron chi connectivity index (χ1n) is 7.10. The van der Waals surface area contributed by atoms with Crippen molar-refractivity contribution in [1.82, 2.24) is 10.2 Å². The fraction of sp³-hybridized carbons (Fsp3) is 0.625. The molecule has 0 spiro atoms. The summed E-state index contributed by atoms with van der Waals surface area (Å²) >= 11 is 0. The highest BCUT2D eigenvalue weighted by Gasteiger charge is 2.19. The van der Waals surface area contributed by atoms with E-state index in [9.17, 15) is 0 Å². The maximum absolute atomic E-state index is 3.55. The van der Waals surface area contributed by atoms with Crippen molar-refractivity contribution in [2.45, 2.75) is 45.6 Å². The van der Waals surface area contributed by atoms with Crippen molar-refractivity contribution in [1.29, 1.82) is 0 Å². The van der Waals surface area contributed by atoms with E-state index in [1.54, 1.807) is 0 Å². The van der Waals surface area contributed by atoms with Gasteiger partial charge in [0.15, 0.2) is 0 Å². The molecular weight excluding hydrogens is 248 g/mol. The van der Waals surface area contributed by atoms with Gasteiger partial charge in [-0.1, -0.05) is 49.1 Å². The molecule has 0 radical (unpaired) electrons. The van der Waals surface area contributed by atoms with Crippen molar-refractivity contribution < 1.29 is 0 Å². The molecule has 19 heavy (non-hydrogen) atoms. The summed E-state index contributed by atoms with van der Waals surface area (Å²) < 4.78 is 0. The third kappa shape index (κ3) is 5.09. The van der Waals surface area contributed by atoms with Crippen LogP contribution in [0.5, 0.6) is 0 Å². The quantitative estimate of drug-likeness (QED) is 0.805. The smallest absolute Gasteiger partial charge is 0.0775 e. The Kier molecular flexibility index (Phi) is 5.36. The maximum Gasteiger partial charge on any atom is 0.0775 e. The van der Waals surface area contributed by atoms with E-state index in [-0.39, 0.29) is 5.54 Å². The Balaban J connectivity index is 2.52. The predicted molar refractivity (Wildman–Crippen MR) is 88.9 cm³/mol. The largest absolute Gasteiger partial charge is 0.311 e. The van der Waals surface area contributed by atoms with Crippen molar-refractivity contribution in [3.8, 4) is 0 Å². The van der Waals surface area contributed by atoms with Crippen LogP contribution in [0.3, 0.4) is 0 Å². The summed E-state index contributed by atoms with van der Waals surface area (Å²) in [5, 5.41) is 5.08. The molecule has 0 aliphatic carbocycles. The van der Waals surface area contributed by atoms with Gasteiger partial charge in [-0.3, -0.25) is 0 Å². The molecule has 1 rings (SSSR count). The first-order valence-corrected chi connectivity index (χ1v) is 10.6. The molecule has 0 saturated carbocycles. The fourth-order valence-corrected chi connectivity index (χ4v) is 2.96. The molecule has 1 N–H and O–H groups in total. The molecule has 108 valence electrons. The van der Waals surface area contributed by atoms with Gasteiger partial charge in [-0.2, -0.15) is 0 Å². The van der Waals surface area contributed by atoms with Crippen LogP contribution in [0.25, 0.3) is 0 Å². The van der Waals surface area contributed by atoms with Crippen LogP contribution in [0.15, 0.2) is 24.3 Å². The Hall–Kier alpha value is -0.643. The van der Waals surface area contributed by atoms with Gasteiger partial charge in [0.05, 0.1) is 8.07 Å². The van der Waals surface area contributed by atoms with E-state index >= 15 is 0 Å². The molecule has 0 heterocycles. The SMILES string of the molecule is CN(C)C(C)(C)CNCc1ccc([Si](C)(C)C)cc1. The van der Waals surface area contributed by atoms with Gasteiger partial charge in [0.2, 0.25) is 0 Å². The van der Waals surface area contributed by atoms with Gasteiger partial charge in [-0.25, -0.2) is 0 Å². The summed E-state index contributed by atoms with van der Waals surface area (Å²) in [5.74, 6) is 0. The lowest BCUT2D eigenvalue weighted by atomic mass is 10.0. The van der Waals surface area contributed by atoms with Crippen LogP contribution in [0, 0.1) is 0 Å². The van der Waals surface area contributed by atoms with Crippen LogP contribution in [0.4, 0.5) is 0 Å². The number of benzene rings is 1. The Morgan fingerprint density at radius 3 is 2.00 bits per heavy atom. The predicted octanol–water partition coefficient (Wildman–Crippen LogP) is 2.66. The van der Waals surface area contributed by atoms with Crippen LogP contribution >= 0.6 is 0 Å². The average molecular weight is 279 g/mol. The fourth-order valence-electron chi connectivity index (χ4n) is 1.79. The topological polar surface area (TPSA) is 15.3 Å². The van der Waals surface area contributed by atoms with Crippen molar-refractivity contribution in [3.05, 3.63) is 29.8 Å². The molecule has 0 saturated heterocycles. The molecule has 0 aliphatic heterocycles. The van der Waals surface area contributed by atoms with Crippen LogP contribution < -0.4 is 10.5 Å². The van der Waals surface area contributed by atoms with Crippen LogP contribution in [-0.4, -0.2) is 39.2 Å². The van der Waals surface area contributed by atoms with E-state index in [1.807, 2.05) is 0 Å². The van der Waals surface area contributed by atoms with Gasteiger partial charge >= 0.3 is 0 Å². The van der Waals surface area contributed by atoms with Crippen molar-refractivity contribution in [3.63, 3.8) is 0 Å². The molecule has 0 fully saturated rings. The second kappa shape index (κ2) is 6.20. The molecule has 3 heteroatoms. The van der Waals surface area contributed by atoms with Gasteiger partial charge in [-0.05, 0) is 33.5 Å². The first kappa shape index (κ1) is 16.4. The summed E-state index contributed by atoms with van der Waals surface area (Å²) in [4.78, 5) is 2.26. The maximum atomic E-state index is 3.55. The number of hydrogen-bond acceptors (Lipinski definition) is 2. The Bertz CT molecular complexity index is 388. The van der Waals surface area contributed by atoms with Gasteiger partial charge in [0.25, 0.3) is 0 Å². The van der Waals surface area contributed by atoms with E-state index in [1.165, 1.54) is 10.8 Å². The zero-order valence-electron chi connectivity index (χ0n) is 13.7. The average Bonchev–Trinajstić information content (AvgIpc) is 2.28. The monoisotopic (exact) mass is 278 g/mol. The lowest BCUT2D eigenvalue weighted by Crippen LogP contribution is -2.46. The molecule has 0 aliphatic rings. The first-order chi connectivity index (χ1) is 8.63. The number of hydrogen-bond donors (Lipinski definition) is 1. The minimum atomic E-state index is -1.16. The van der Waals surface area contributed by atoms with Crippen LogP contribution in [-0.2, 0) is 6.54 Å². The van der Waals surface area contributed by atoms with Crippen molar-refractivity contribution in [2.75, 3.05) is 20.6 Å². The summed E-state index contributed by atoms with van der Waals surface area (Å²) in [6, 6.07) is 9.15. The van der Waals surface area contributed by atoms with E-state index in [2.05, 4.69) is 82.1 Å². The second-order valence-electron chi connectivity index (χ2n) is 7.26. The minimum Gasteiger partial charge on any atom is -0.311 e. The van der Waals surface area contributed by atoms with E-state index in [4.69, 9.17) is 0 Å². The molecule has 2 nitrogen and oxygen atoms in total. The molecule has 0 bridgehead atoms. The third-order valence-corrected chi connectivity index (χ3v) is 5.98. The lowest BCUT2D eigenvalue weighted by Gasteiger charge is -2.32. The van der Waals surface area contributed by atoms with Crippen molar-refractivity contribution >= 4 is 13.3 Å². The third-order valence-electron chi connectivity index (χ3n) is 3.92. The van der Waals surface area contributed by atoms with E-state index < -0.39 is 8.07 Å². The number of likely N-dealkylation sites (N-methyl/N-ethyl adjacent to an activating group) is 1. The zero-order chi connectivity index (χ0) is 14.7. The van der Waals surface area contributed by atoms with Crippen LogP contribution in [0.1, 0.15) is 19.4 Å². The highest BCUT2D eigenvalue weighted by molar-refractivity contribution is 6.88. The van der Waals surface area contributed by atoms with Gasteiger partial charge < -0.3 is 10.2 Å². The molecule has 1 aromatic rings. The highest BCUT2D eigenvalue weighted by Crippen LogP contribution is 2.09. The lowest BCUT2D eigenvalue weighted by molar-refractivity contribution is 0.190. The molecule has 0 atom stereocenters. The second-order valence-corrected chi connectivity index (χ2v) is 12.3. The van der Waals surface area contributed by atoms with Gasteiger partial charge in [0.1, 0.15) is 0 Å². The Labute approximate surface area is 120 Å². The van der Waals surface area contributed by atoms with Crippen LogP contribution in [0.2, 0.25) is 19.6 Å². The van der Waals surface area contributed by atoms with E-state index in [0.717, 1.165) is 13.1 Å². The summed E-state index contributed by atoms with van der Waals surface area (Å²) in [6.07, 6.45) is 0. The number of nitrogens with one attached hydrogen (secondary N) is 1. The van der Waals surface area contributed by atoms with Gasteiger partial charge in [0, 0.05) is 18.6 Å². The highest BCUT2D eigenvalue weighted by atomic mass is 28.3. The standard InChI is InChI=1S/C16H30N2Si/c1-16(2,18(3)4)13-17-12-14-8-10-15(11-9-14)19(5,6)7/h8-11,17H,12-13H2,1-7H3. The van der Waals surface area contributed by atoms with Crippen molar-refractivity contribution in [2.24, 2.45) is 0 Å². The minimum absolute atomic E-state index is 0.193. The summed E-state index contributed by atoms with van der Waals surface area (Å²) in [6.45, 7) is 13.6. The molecule has 0 amide bonds. The zero-order valence-corrected chi connectivity index (χ0v) is 14.7. The normalized spacial score (nSPS) is 13.1. The summed E-state index contributed by atoms with van der Waals surface area (Å²) in [5.41, 5.74) is 1.56. The molecule has 0 unspecified atom stereocenters. The number of rotatable bonds is 6. The van der Waals surface area contributed by atoms with E-state index in [0.29, 0.717) is 0 Å². The van der Waals surface area contributed by atoms with Gasteiger partial charge in [-0.15, -0.1) is 0 Å². The Morgan fingerprint density at radius 2 is 1.58 bits per heavy atom. The molecular formula is C16H30N2Si. The molecule has 1 aromatic carbocycles. The Morgan fingerprint density at radius 1 is 1.05 bits per heavy atom. The molecule has 0 aromatic heterocycles.